The molecule has 0 radical (unpaired) electrons. The maximum Gasteiger partial charge on any atom is 0.236 e. The van der Waals surface area contributed by atoms with E-state index in [1.807, 2.05) is 0 Å². The van der Waals surface area contributed by atoms with Crippen LogP contribution in [0.4, 0.5) is 0 Å². The number of hydrogen-bond acceptors (Lipinski definition) is 4. The van der Waals surface area contributed by atoms with Gasteiger partial charge in [0.1, 0.15) is 5.78 Å². The first-order valence-corrected chi connectivity index (χ1v) is 4.93. The molecule has 15 heavy (non-hydrogen) atoms. The predicted octanol–water partition coefficient (Wildman–Crippen LogP) is 1.29. The molecule has 1 aliphatic carbocycles. The van der Waals surface area contributed by atoms with E-state index < -0.39 is 16.4 Å². The number of nitro groups is 1. The van der Waals surface area contributed by atoms with E-state index in [1.165, 1.54) is 13.8 Å². The number of carbonyl (C=O) groups excluding carboxylic acids is 1. The monoisotopic (exact) mass is 213 g/mol. The van der Waals surface area contributed by atoms with Gasteiger partial charge in [-0.2, -0.15) is 0 Å². The lowest BCUT2D eigenvalue weighted by Gasteiger charge is -2.28. The van der Waals surface area contributed by atoms with Crippen LogP contribution in [0.15, 0.2) is 11.8 Å². The van der Waals surface area contributed by atoms with Crippen LogP contribution in [0.25, 0.3) is 0 Å². The average Bonchev–Trinajstić information content (AvgIpc) is 2.50. The molecule has 0 aromatic carbocycles. The Hall–Kier alpha value is -1.23. The molecule has 2 unspecified atom stereocenters. The first-order valence-electron chi connectivity index (χ1n) is 4.93. The second-order valence-corrected chi connectivity index (χ2v) is 4.16. The van der Waals surface area contributed by atoms with Crippen LogP contribution in [0.2, 0.25) is 0 Å². The molecule has 0 aliphatic heterocycles. The van der Waals surface area contributed by atoms with E-state index in [0.29, 0.717) is 12.8 Å². The van der Waals surface area contributed by atoms with Gasteiger partial charge in [0.15, 0.2) is 0 Å². The van der Waals surface area contributed by atoms with Gasteiger partial charge in [0, 0.05) is 12.0 Å². The molecule has 1 N–H and O–H groups in total. The second kappa shape index (κ2) is 4.10. The fraction of sp³-hybridized carbons (Fsp3) is 0.700. The van der Waals surface area contributed by atoms with Crippen molar-refractivity contribution in [2.75, 3.05) is 0 Å². The highest BCUT2D eigenvalue weighted by atomic mass is 16.6. The lowest BCUT2D eigenvalue weighted by atomic mass is 9.82. The normalized spacial score (nSPS) is 26.5. The fourth-order valence-electron chi connectivity index (χ4n) is 1.97. The van der Waals surface area contributed by atoms with E-state index in [4.69, 9.17) is 0 Å². The van der Waals surface area contributed by atoms with E-state index in [1.54, 1.807) is 0 Å². The van der Waals surface area contributed by atoms with Gasteiger partial charge in [-0.05, 0) is 26.7 Å². The van der Waals surface area contributed by atoms with Crippen molar-refractivity contribution < 1.29 is 14.8 Å². The van der Waals surface area contributed by atoms with Gasteiger partial charge < -0.3 is 5.11 Å². The number of rotatable bonds is 3. The summed E-state index contributed by atoms with van der Waals surface area (Å²) in [4.78, 5) is 21.1. The summed E-state index contributed by atoms with van der Waals surface area (Å²) in [6.07, 6.45) is 2.60. The fourth-order valence-corrected chi connectivity index (χ4v) is 1.97. The van der Waals surface area contributed by atoms with Crippen LogP contribution in [0.1, 0.15) is 33.1 Å². The molecule has 84 valence electrons. The number of ketones is 1. The number of hydrogen-bond donors (Lipinski definition) is 1. The summed E-state index contributed by atoms with van der Waals surface area (Å²) in [5.74, 6) is -0.496. The maximum absolute atomic E-state index is 11.5. The van der Waals surface area contributed by atoms with Gasteiger partial charge in [0.2, 0.25) is 6.20 Å². The molecule has 1 aliphatic rings. The summed E-state index contributed by atoms with van der Waals surface area (Å²) in [5.41, 5.74) is -1.16. The van der Waals surface area contributed by atoms with E-state index in [9.17, 15) is 20.0 Å². The molecule has 0 bridgehead atoms. The van der Waals surface area contributed by atoms with E-state index >= 15 is 0 Å². The SMILES string of the molecule is C/C(=C\[N+](=O)[O-])C(C)(O)C1CCCC1=O. The van der Waals surface area contributed by atoms with Crippen molar-refractivity contribution in [1.29, 1.82) is 0 Å². The van der Waals surface area contributed by atoms with Gasteiger partial charge in [0.25, 0.3) is 0 Å². The zero-order valence-electron chi connectivity index (χ0n) is 8.90. The van der Waals surface area contributed by atoms with Gasteiger partial charge >= 0.3 is 0 Å². The molecule has 2 atom stereocenters. The lowest BCUT2D eigenvalue weighted by Crippen LogP contribution is -2.38. The predicted molar refractivity (Wildman–Crippen MR) is 53.7 cm³/mol. The van der Waals surface area contributed by atoms with Crippen molar-refractivity contribution in [2.45, 2.75) is 38.7 Å². The summed E-state index contributed by atoms with van der Waals surface area (Å²) in [6, 6.07) is 0. The van der Waals surface area contributed by atoms with Crippen molar-refractivity contribution in [3.63, 3.8) is 0 Å². The molecule has 0 heterocycles. The quantitative estimate of drug-likeness (QED) is 0.565. The highest BCUT2D eigenvalue weighted by molar-refractivity contribution is 5.84. The van der Waals surface area contributed by atoms with Crippen molar-refractivity contribution >= 4 is 5.78 Å². The zero-order valence-corrected chi connectivity index (χ0v) is 8.90. The molecule has 0 spiro atoms. The third-order valence-corrected chi connectivity index (χ3v) is 3.08. The first kappa shape index (κ1) is 11.8. The Bertz CT molecular complexity index is 319. The second-order valence-electron chi connectivity index (χ2n) is 4.16. The third-order valence-electron chi connectivity index (χ3n) is 3.08. The van der Waals surface area contributed by atoms with Gasteiger partial charge in [-0.15, -0.1) is 0 Å². The topological polar surface area (TPSA) is 80.4 Å². The lowest BCUT2D eigenvalue weighted by molar-refractivity contribution is -0.404. The van der Waals surface area contributed by atoms with Crippen molar-refractivity contribution in [3.05, 3.63) is 21.9 Å². The Morgan fingerprint density at radius 1 is 1.73 bits per heavy atom. The van der Waals surface area contributed by atoms with Crippen molar-refractivity contribution in [2.24, 2.45) is 5.92 Å². The van der Waals surface area contributed by atoms with Crippen LogP contribution >= 0.6 is 0 Å². The molecular formula is C10H15NO4. The minimum atomic E-state index is -1.39. The van der Waals surface area contributed by atoms with E-state index in [0.717, 1.165) is 12.6 Å². The standard InChI is InChI=1S/C10H15NO4/c1-7(6-11(14)15)10(2,13)8-4-3-5-9(8)12/h6,8,13H,3-5H2,1-2H3/b7-6+. The highest BCUT2D eigenvalue weighted by Gasteiger charge is 2.41. The van der Waals surface area contributed by atoms with Crippen LogP contribution in [0.3, 0.4) is 0 Å². The number of nitrogens with zero attached hydrogens (tertiary/aromatic N) is 1. The molecule has 0 aromatic rings. The van der Waals surface area contributed by atoms with Crippen molar-refractivity contribution in [3.8, 4) is 0 Å². The Balaban J connectivity index is 2.90. The minimum absolute atomic E-state index is 0.00361. The molecule has 0 aromatic heterocycles. The number of carbonyl (C=O) groups is 1. The number of aliphatic hydroxyl groups is 1. The molecule has 0 saturated heterocycles. The van der Waals surface area contributed by atoms with Crippen LogP contribution in [-0.2, 0) is 4.79 Å². The van der Waals surface area contributed by atoms with Gasteiger partial charge in [-0.3, -0.25) is 14.9 Å². The average molecular weight is 213 g/mol. The Kier molecular flexibility index (Phi) is 3.24. The smallest absolute Gasteiger partial charge is 0.236 e. The van der Waals surface area contributed by atoms with Crippen LogP contribution < -0.4 is 0 Å². The summed E-state index contributed by atoms with van der Waals surface area (Å²) in [7, 11) is 0. The Morgan fingerprint density at radius 3 is 2.73 bits per heavy atom. The molecule has 5 nitrogen and oxygen atoms in total. The molecule has 0 amide bonds. The summed E-state index contributed by atoms with van der Waals surface area (Å²) in [5, 5.41) is 20.4. The third kappa shape index (κ3) is 2.41. The summed E-state index contributed by atoms with van der Waals surface area (Å²) < 4.78 is 0. The van der Waals surface area contributed by atoms with Crippen molar-refractivity contribution in [1.82, 2.24) is 0 Å². The van der Waals surface area contributed by atoms with Crippen LogP contribution in [0, 0.1) is 16.0 Å². The first-order chi connectivity index (χ1) is 6.85. The molecule has 1 saturated carbocycles. The van der Waals surface area contributed by atoms with Gasteiger partial charge in [0.05, 0.1) is 16.4 Å². The van der Waals surface area contributed by atoms with Gasteiger partial charge in [-0.25, -0.2) is 0 Å². The summed E-state index contributed by atoms with van der Waals surface area (Å²) >= 11 is 0. The maximum atomic E-state index is 11.5. The Labute approximate surface area is 87.9 Å². The minimum Gasteiger partial charge on any atom is -0.385 e. The summed E-state index contributed by atoms with van der Waals surface area (Å²) in [6.45, 7) is 2.95. The zero-order chi connectivity index (χ0) is 11.6. The molecule has 1 fully saturated rings. The van der Waals surface area contributed by atoms with Crippen LogP contribution in [0.5, 0.6) is 0 Å². The molecule has 1 rings (SSSR count). The van der Waals surface area contributed by atoms with Crippen LogP contribution in [-0.4, -0.2) is 21.4 Å². The highest BCUT2D eigenvalue weighted by Crippen LogP contribution is 2.35. The van der Waals surface area contributed by atoms with E-state index in [-0.39, 0.29) is 11.4 Å². The largest absolute Gasteiger partial charge is 0.385 e. The Morgan fingerprint density at radius 2 is 2.33 bits per heavy atom. The van der Waals surface area contributed by atoms with Gasteiger partial charge in [-0.1, -0.05) is 0 Å². The van der Waals surface area contributed by atoms with E-state index in [2.05, 4.69) is 0 Å². The number of Topliss-reactive ketones (excluding diaryl/α,β-unsaturated/α-hetero) is 1. The molecular weight excluding hydrogens is 198 g/mol. The molecule has 5 heteroatoms.